The van der Waals surface area contributed by atoms with Gasteiger partial charge in [-0.15, -0.1) is 0 Å². The number of hydrogen-bond donors (Lipinski definition) is 1. The molecule has 0 aliphatic carbocycles. The number of nitrogens with one attached hydrogen (secondary N) is 1. The highest BCUT2D eigenvalue weighted by Gasteiger charge is 2.38. The van der Waals surface area contributed by atoms with Gasteiger partial charge in [0.2, 0.25) is 0 Å². The third-order valence-electron chi connectivity index (χ3n) is 4.77. The predicted molar refractivity (Wildman–Crippen MR) is 108 cm³/mol. The van der Waals surface area contributed by atoms with Crippen molar-refractivity contribution in [3.63, 3.8) is 0 Å². The van der Waals surface area contributed by atoms with Gasteiger partial charge in [-0.2, -0.15) is 0 Å². The van der Waals surface area contributed by atoms with Gasteiger partial charge in [-0.05, 0) is 44.0 Å². The second kappa shape index (κ2) is 6.29. The van der Waals surface area contributed by atoms with Gasteiger partial charge < -0.3 is 10.2 Å². The molecule has 1 aliphatic rings. The summed E-state index contributed by atoms with van der Waals surface area (Å²) in [5, 5.41) is 4.33. The third-order valence-corrected chi connectivity index (χ3v) is 5.80. The van der Waals surface area contributed by atoms with Crippen LogP contribution in [0.1, 0.15) is 16.7 Å². The molecule has 1 fully saturated rings. The van der Waals surface area contributed by atoms with E-state index in [1.165, 1.54) is 16.7 Å². The van der Waals surface area contributed by atoms with Crippen LogP contribution in [0.3, 0.4) is 0 Å². The first-order valence-corrected chi connectivity index (χ1v) is 9.50. The molecule has 1 unspecified atom stereocenters. The quantitative estimate of drug-likeness (QED) is 0.741. The van der Waals surface area contributed by atoms with Gasteiger partial charge in [-0.1, -0.05) is 41.2 Å². The summed E-state index contributed by atoms with van der Waals surface area (Å²) in [6.07, 6.45) is -0.145. The number of likely N-dealkylation sites (N-methyl/N-ethyl adjacent to an activating group) is 1. The molecule has 0 saturated carbocycles. The van der Waals surface area contributed by atoms with E-state index in [0.29, 0.717) is 6.54 Å². The van der Waals surface area contributed by atoms with E-state index in [2.05, 4.69) is 43.2 Å². The predicted octanol–water partition coefficient (Wildman–Crippen LogP) is 4.53. The number of thiazole rings is 1. The number of aryl methyl sites for hydroxylation is 3. The van der Waals surface area contributed by atoms with Crippen LogP contribution in [0.2, 0.25) is 0 Å². The fourth-order valence-corrected chi connectivity index (χ4v) is 4.61. The molecule has 2 aromatic carbocycles. The second-order valence-electron chi connectivity index (χ2n) is 6.93. The van der Waals surface area contributed by atoms with Crippen molar-refractivity contribution in [1.82, 2.24) is 9.88 Å². The molecule has 0 radical (unpaired) electrons. The number of anilines is 2. The van der Waals surface area contributed by atoms with E-state index < -0.39 is 0 Å². The Kier molecular flexibility index (Phi) is 4.07. The van der Waals surface area contributed by atoms with Crippen LogP contribution in [0.5, 0.6) is 0 Å². The number of carbonyl (C=O) groups is 1. The summed E-state index contributed by atoms with van der Waals surface area (Å²) in [6, 6.07) is 12.3. The molecule has 0 spiro atoms. The van der Waals surface area contributed by atoms with Crippen molar-refractivity contribution >= 4 is 38.4 Å². The van der Waals surface area contributed by atoms with E-state index in [1.54, 1.807) is 21.1 Å². The molecule has 4 rings (SSSR count). The smallest absolute Gasteiger partial charge is 0.327 e. The number of aromatic nitrogens is 1. The van der Waals surface area contributed by atoms with Gasteiger partial charge in [0, 0.05) is 12.7 Å². The van der Waals surface area contributed by atoms with Gasteiger partial charge in [0.1, 0.15) is 6.17 Å². The van der Waals surface area contributed by atoms with Gasteiger partial charge in [0.25, 0.3) is 0 Å². The average molecular weight is 366 g/mol. The molecule has 1 aromatic heterocycles. The summed E-state index contributed by atoms with van der Waals surface area (Å²) in [5.41, 5.74) is 5.64. The van der Waals surface area contributed by atoms with Crippen molar-refractivity contribution in [3.05, 3.63) is 53.1 Å². The summed E-state index contributed by atoms with van der Waals surface area (Å²) in [7, 11) is 1.83. The summed E-state index contributed by atoms with van der Waals surface area (Å²) < 4.78 is 1.09. The minimum absolute atomic E-state index is 0.0241. The average Bonchev–Trinajstić information content (AvgIpc) is 3.12. The topological polar surface area (TPSA) is 48.5 Å². The Morgan fingerprint density at radius 1 is 1.15 bits per heavy atom. The van der Waals surface area contributed by atoms with Crippen molar-refractivity contribution in [3.8, 4) is 0 Å². The van der Waals surface area contributed by atoms with Gasteiger partial charge in [0.05, 0.1) is 16.8 Å². The van der Waals surface area contributed by atoms with E-state index >= 15 is 0 Å². The van der Waals surface area contributed by atoms with Crippen LogP contribution in [0.25, 0.3) is 10.2 Å². The number of amides is 2. The Labute approximate surface area is 157 Å². The Hall–Kier alpha value is -2.60. The molecule has 5 nitrogen and oxygen atoms in total. The number of carbonyl (C=O) groups excluding carboxylic acids is 1. The van der Waals surface area contributed by atoms with Crippen LogP contribution in [0.15, 0.2) is 36.4 Å². The van der Waals surface area contributed by atoms with Crippen LogP contribution in [-0.4, -0.2) is 35.7 Å². The lowest BCUT2D eigenvalue weighted by atomic mass is 10.0. The maximum absolute atomic E-state index is 12.8. The zero-order valence-electron chi connectivity index (χ0n) is 15.4. The van der Waals surface area contributed by atoms with Gasteiger partial charge in [-0.25, -0.2) is 14.7 Å². The van der Waals surface area contributed by atoms with E-state index in [4.69, 9.17) is 0 Å². The molecular formula is C20H22N4OS. The first-order valence-electron chi connectivity index (χ1n) is 8.68. The second-order valence-corrected chi connectivity index (χ2v) is 7.94. The molecule has 3 aromatic rings. The molecular weight excluding hydrogens is 344 g/mol. The number of benzene rings is 2. The first-order chi connectivity index (χ1) is 12.4. The third kappa shape index (κ3) is 2.80. The Balaban J connectivity index is 1.72. The molecule has 1 atom stereocenters. The zero-order chi connectivity index (χ0) is 18.4. The maximum Gasteiger partial charge on any atom is 0.327 e. The highest BCUT2D eigenvalue weighted by Crippen LogP contribution is 2.34. The van der Waals surface area contributed by atoms with Crippen molar-refractivity contribution in [2.45, 2.75) is 26.9 Å². The monoisotopic (exact) mass is 366 g/mol. The highest BCUT2D eigenvalue weighted by atomic mass is 32.1. The lowest BCUT2D eigenvalue weighted by Crippen LogP contribution is -2.39. The van der Waals surface area contributed by atoms with Crippen LogP contribution >= 0.6 is 11.3 Å². The molecule has 26 heavy (non-hydrogen) atoms. The molecule has 2 heterocycles. The largest absolute Gasteiger partial charge is 0.363 e. The zero-order valence-corrected chi connectivity index (χ0v) is 16.2. The SMILES string of the molecule is Cc1cc(C)c(NC2CN(C)C(=O)N2c2nc3ccccc3s2)c(C)c1. The summed E-state index contributed by atoms with van der Waals surface area (Å²) >= 11 is 1.55. The minimum Gasteiger partial charge on any atom is -0.363 e. The Bertz CT molecular complexity index is 940. The number of rotatable bonds is 3. The van der Waals surface area contributed by atoms with Gasteiger partial charge >= 0.3 is 6.03 Å². The van der Waals surface area contributed by atoms with Crippen LogP contribution in [0, 0.1) is 20.8 Å². The van der Waals surface area contributed by atoms with E-state index in [9.17, 15) is 4.79 Å². The molecule has 1 saturated heterocycles. The highest BCUT2D eigenvalue weighted by molar-refractivity contribution is 7.22. The van der Waals surface area contributed by atoms with E-state index in [0.717, 1.165) is 21.0 Å². The molecule has 1 aliphatic heterocycles. The van der Waals surface area contributed by atoms with E-state index in [1.807, 2.05) is 31.3 Å². The molecule has 134 valence electrons. The number of fused-ring (bicyclic) bond motifs is 1. The van der Waals surface area contributed by atoms with Crippen molar-refractivity contribution in [2.24, 2.45) is 0 Å². The number of para-hydroxylation sites is 1. The van der Waals surface area contributed by atoms with E-state index in [-0.39, 0.29) is 12.2 Å². The van der Waals surface area contributed by atoms with Crippen molar-refractivity contribution < 1.29 is 4.79 Å². The number of hydrogen-bond acceptors (Lipinski definition) is 4. The lowest BCUT2D eigenvalue weighted by molar-refractivity contribution is 0.229. The van der Waals surface area contributed by atoms with Crippen LogP contribution in [0.4, 0.5) is 15.6 Å². The van der Waals surface area contributed by atoms with Crippen LogP contribution in [-0.2, 0) is 0 Å². The lowest BCUT2D eigenvalue weighted by Gasteiger charge is -2.24. The Morgan fingerprint density at radius 2 is 1.85 bits per heavy atom. The van der Waals surface area contributed by atoms with Gasteiger partial charge in [0.15, 0.2) is 5.13 Å². The summed E-state index contributed by atoms with van der Waals surface area (Å²) in [4.78, 5) is 21.0. The van der Waals surface area contributed by atoms with Crippen molar-refractivity contribution in [1.29, 1.82) is 0 Å². The fraction of sp³-hybridized carbons (Fsp3) is 0.300. The maximum atomic E-state index is 12.8. The number of urea groups is 1. The molecule has 2 amide bonds. The summed E-state index contributed by atoms with van der Waals surface area (Å²) in [5.74, 6) is 0. The molecule has 6 heteroatoms. The fourth-order valence-electron chi connectivity index (χ4n) is 3.60. The number of nitrogens with zero attached hydrogens (tertiary/aromatic N) is 3. The van der Waals surface area contributed by atoms with Crippen LogP contribution < -0.4 is 10.2 Å². The standard InChI is InChI=1S/C20H22N4OS/c1-12-9-13(2)18(14(3)10-12)22-17-11-23(4)20(25)24(17)19-21-15-7-5-6-8-16(15)26-19/h5-10,17,22H,11H2,1-4H3. The van der Waals surface area contributed by atoms with Gasteiger partial charge in [-0.3, -0.25) is 0 Å². The van der Waals surface area contributed by atoms with Crippen molar-refractivity contribution in [2.75, 3.05) is 23.8 Å². The Morgan fingerprint density at radius 3 is 2.54 bits per heavy atom. The molecule has 1 N–H and O–H groups in total. The first kappa shape index (κ1) is 16.8. The summed E-state index contributed by atoms with van der Waals surface area (Å²) in [6.45, 7) is 6.92. The minimum atomic E-state index is -0.145. The normalized spacial score (nSPS) is 17.4. The molecule has 0 bridgehead atoms.